The quantitative estimate of drug-likeness (QED) is 0.252. The zero-order valence-electron chi connectivity index (χ0n) is 15.0. The Bertz CT molecular complexity index is 1270. The first-order valence-corrected chi connectivity index (χ1v) is 10.1. The number of thioether (sulfide) groups is 1. The predicted octanol–water partition coefficient (Wildman–Crippen LogP) is 5.15. The van der Waals surface area contributed by atoms with Crippen LogP contribution in [0.2, 0.25) is 5.02 Å². The molecule has 0 atom stereocenters. The number of hydrogen-bond donors (Lipinski definition) is 0. The Balaban J connectivity index is 1.76. The molecule has 1 heterocycles. The number of fused-ring (bicyclic) bond motifs is 1. The first-order chi connectivity index (χ1) is 14.0. The van der Waals surface area contributed by atoms with E-state index in [-0.39, 0.29) is 17.1 Å². The molecule has 4 nitrogen and oxygen atoms in total. The van der Waals surface area contributed by atoms with Crippen molar-refractivity contribution in [1.82, 2.24) is 9.55 Å². The normalized spacial score (nSPS) is 11.0. The van der Waals surface area contributed by atoms with Crippen molar-refractivity contribution in [2.24, 2.45) is 0 Å². The third kappa shape index (κ3) is 4.09. The second-order valence-electron chi connectivity index (χ2n) is 6.25. The van der Waals surface area contributed by atoms with Gasteiger partial charge in [-0.3, -0.25) is 14.2 Å². The Kier molecular flexibility index (Phi) is 5.47. The molecule has 0 N–H and O–H groups in total. The Labute approximate surface area is 175 Å². The summed E-state index contributed by atoms with van der Waals surface area (Å²) in [7, 11) is 0. The number of carbonyl (C=O) groups is 1. The molecule has 0 amide bonds. The van der Waals surface area contributed by atoms with E-state index in [1.807, 2.05) is 0 Å². The maximum absolute atomic E-state index is 13.2. The smallest absolute Gasteiger partial charge is 0.266 e. The van der Waals surface area contributed by atoms with Crippen molar-refractivity contribution >= 4 is 40.0 Å². The number of halogens is 2. The molecule has 144 valence electrons. The monoisotopic (exact) mass is 424 g/mol. The fraction of sp³-hybridized carbons (Fsp3) is 0.0455. The molecule has 0 aliphatic heterocycles. The highest BCUT2D eigenvalue weighted by Crippen LogP contribution is 2.23. The van der Waals surface area contributed by atoms with E-state index in [1.54, 1.807) is 48.5 Å². The number of benzene rings is 3. The number of ketones is 1. The van der Waals surface area contributed by atoms with Crippen molar-refractivity contribution < 1.29 is 9.18 Å². The van der Waals surface area contributed by atoms with Crippen molar-refractivity contribution in [1.29, 1.82) is 0 Å². The van der Waals surface area contributed by atoms with E-state index in [0.29, 0.717) is 32.3 Å². The van der Waals surface area contributed by atoms with Gasteiger partial charge in [0.1, 0.15) is 5.82 Å². The van der Waals surface area contributed by atoms with Gasteiger partial charge in [-0.2, -0.15) is 0 Å². The lowest BCUT2D eigenvalue weighted by Crippen LogP contribution is -2.22. The summed E-state index contributed by atoms with van der Waals surface area (Å²) >= 11 is 7.26. The van der Waals surface area contributed by atoms with Crippen molar-refractivity contribution in [3.63, 3.8) is 0 Å². The molecule has 7 heteroatoms. The third-order valence-electron chi connectivity index (χ3n) is 4.31. The van der Waals surface area contributed by atoms with E-state index in [0.717, 1.165) is 11.8 Å². The number of aromatic nitrogens is 2. The van der Waals surface area contributed by atoms with Crippen LogP contribution in [0.3, 0.4) is 0 Å². The minimum Gasteiger partial charge on any atom is -0.293 e. The molecular formula is C22H14ClFN2O2S. The van der Waals surface area contributed by atoms with Gasteiger partial charge in [-0.05, 0) is 54.6 Å². The second-order valence-corrected chi connectivity index (χ2v) is 7.63. The van der Waals surface area contributed by atoms with Crippen LogP contribution in [-0.4, -0.2) is 21.1 Å². The highest BCUT2D eigenvalue weighted by molar-refractivity contribution is 7.99. The molecule has 4 aromatic rings. The lowest BCUT2D eigenvalue weighted by molar-refractivity contribution is 0.102. The molecule has 0 spiro atoms. The van der Waals surface area contributed by atoms with Crippen molar-refractivity contribution in [2.45, 2.75) is 5.16 Å². The maximum Gasteiger partial charge on any atom is 0.266 e. The SMILES string of the molecule is O=C(CSc1nc2ccccc2c(=O)n1-c1cccc(Cl)c1)c1ccc(F)cc1. The summed E-state index contributed by atoms with van der Waals surface area (Å²) in [4.78, 5) is 30.2. The largest absolute Gasteiger partial charge is 0.293 e. The average Bonchev–Trinajstić information content (AvgIpc) is 2.72. The van der Waals surface area contributed by atoms with E-state index < -0.39 is 5.82 Å². The number of hydrogen-bond acceptors (Lipinski definition) is 4. The number of para-hydroxylation sites is 1. The zero-order chi connectivity index (χ0) is 20.4. The van der Waals surface area contributed by atoms with Crippen LogP contribution in [0.1, 0.15) is 10.4 Å². The number of carbonyl (C=O) groups excluding carboxylic acids is 1. The first kappa shape index (κ1) is 19.4. The minimum absolute atomic E-state index is 0.0526. The maximum atomic E-state index is 13.2. The predicted molar refractivity (Wildman–Crippen MR) is 114 cm³/mol. The highest BCUT2D eigenvalue weighted by Gasteiger charge is 2.15. The van der Waals surface area contributed by atoms with Gasteiger partial charge in [-0.1, -0.05) is 41.6 Å². The molecule has 1 aromatic heterocycles. The fourth-order valence-electron chi connectivity index (χ4n) is 2.90. The number of Topliss-reactive ketones (excluding diaryl/α,β-unsaturated/α-hetero) is 1. The third-order valence-corrected chi connectivity index (χ3v) is 5.48. The van der Waals surface area contributed by atoms with Gasteiger partial charge in [0.15, 0.2) is 10.9 Å². The van der Waals surface area contributed by atoms with Crippen molar-refractivity contribution in [2.75, 3.05) is 5.75 Å². The molecule has 29 heavy (non-hydrogen) atoms. The average molecular weight is 425 g/mol. The summed E-state index contributed by atoms with van der Waals surface area (Å²) in [6.07, 6.45) is 0. The molecular weight excluding hydrogens is 411 g/mol. The summed E-state index contributed by atoms with van der Waals surface area (Å²) in [5, 5.41) is 1.34. The van der Waals surface area contributed by atoms with Crippen LogP contribution in [0.4, 0.5) is 4.39 Å². The molecule has 0 aliphatic carbocycles. The van der Waals surface area contributed by atoms with Crippen LogP contribution in [0.5, 0.6) is 0 Å². The van der Waals surface area contributed by atoms with Gasteiger partial charge in [-0.15, -0.1) is 0 Å². The molecule has 0 saturated heterocycles. The standard InChI is InChI=1S/C22H14ClFN2O2S/c23-15-4-3-5-17(12-15)26-21(28)18-6-1-2-7-19(18)25-22(26)29-13-20(27)14-8-10-16(24)11-9-14/h1-12H,13H2. The molecule has 0 fully saturated rings. The Morgan fingerprint density at radius 2 is 1.79 bits per heavy atom. The zero-order valence-corrected chi connectivity index (χ0v) is 16.6. The topological polar surface area (TPSA) is 52.0 Å². The summed E-state index contributed by atoms with van der Waals surface area (Å²) in [6, 6.07) is 19.3. The van der Waals surface area contributed by atoms with Gasteiger partial charge in [0, 0.05) is 10.6 Å². The van der Waals surface area contributed by atoms with Crippen LogP contribution in [-0.2, 0) is 0 Å². The van der Waals surface area contributed by atoms with E-state index in [9.17, 15) is 14.0 Å². The Morgan fingerprint density at radius 1 is 1.03 bits per heavy atom. The van der Waals surface area contributed by atoms with Crippen LogP contribution < -0.4 is 5.56 Å². The van der Waals surface area contributed by atoms with Crippen molar-refractivity contribution in [3.8, 4) is 5.69 Å². The summed E-state index contributed by atoms with van der Waals surface area (Å²) in [6.45, 7) is 0. The van der Waals surface area contributed by atoms with Gasteiger partial charge in [0.25, 0.3) is 5.56 Å². The van der Waals surface area contributed by atoms with Gasteiger partial charge in [-0.25, -0.2) is 9.37 Å². The van der Waals surface area contributed by atoms with E-state index in [1.165, 1.54) is 28.8 Å². The molecule has 0 unspecified atom stereocenters. The molecule has 0 radical (unpaired) electrons. The van der Waals surface area contributed by atoms with Gasteiger partial charge in [0.2, 0.25) is 0 Å². The van der Waals surface area contributed by atoms with Crippen LogP contribution in [0, 0.1) is 5.82 Å². The Morgan fingerprint density at radius 3 is 2.55 bits per heavy atom. The van der Waals surface area contributed by atoms with Crippen LogP contribution >= 0.6 is 23.4 Å². The van der Waals surface area contributed by atoms with Gasteiger partial charge < -0.3 is 0 Å². The Hall–Kier alpha value is -2.96. The molecule has 0 bridgehead atoms. The second kappa shape index (κ2) is 8.19. The van der Waals surface area contributed by atoms with Crippen LogP contribution in [0.15, 0.2) is 82.7 Å². The summed E-state index contributed by atoms with van der Waals surface area (Å²) < 4.78 is 14.5. The summed E-state index contributed by atoms with van der Waals surface area (Å²) in [5.74, 6) is -0.535. The molecule has 3 aromatic carbocycles. The lowest BCUT2D eigenvalue weighted by Gasteiger charge is -2.13. The minimum atomic E-state index is -0.403. The summed E-state index contributed by atoms with van der Waals surface area (Å²) in [5.41, 5.74) is 1.27. The van der Waals surface area contributed by atoms with E-state index in [2.05, 4.69) is 4.98 Å². The molecule has 0 saturated carbocycles. The van der Waals surface area contributed by atoms with Crippen molar-refractivity contribution in [3.05, 3.63) is 99.6 Å². The van der Waals surface area contributed by atoms with Gasteiger partial charge >= 0.3 is 0 Å². The highest BCUT2D eigenvalue weighted by atomic mass is 35.5. The number of rotatable bonds is 5. The van der Waals surface area contributed by atoms with E-state index >= 15 is 0 Å². The first-order valence-electron chi connectivity index (χ1n) is 8.72. The fourth-order valence-corrected chi connectivity index (χ4v) is 3.99. The molecule has 4 rings (SSSR count). The number of nitrogens with zero attached hydrogens (tertiary/aromatic N) is 2. The van der Waals surface area contributed by atoms with E-state index in [4.69, 9.17) is 11.6 Å². The lowest BCUT2D eigenvalue weighted by atomic mass is 10.1. The molecule has 0 aliphatic rings. The van der Waals surface area contributed by atoms with Gasteiger partial charge in [0.05, 0.1) is 22.3 Å². The van der Waals surface area contributed by atoms with Crippen LogP contribution in [0.25, 0.3) is 16.6 Å².